The van der Waals surface area contributed by atoms with Crippen LogP contribution in [-0.2, 0) is 6.54 Å². The molecule has 0 bridgehead atoms. The van der Waals surface area contributed by atoms with E-state index in [0.717, 1.165) is 31.2 Å². The van der Waals surface area contributed by atoms with Crippen LogP contribution in [0.2, 0.25) is 0 Å². The van der Waals surface area contributed by atoms with E-state index in [4.69, 9.17) is 4.74 Å². The molecule has 0 aliphatic rings. The molecular weight excluding hydrogens is 298 g/mol. The molecule has 0 radical (unpaired) electrons. The average Bonchev–Trinajstić information content (AvgIpc) is 2.65. The van der Waals surface area contributed by atoms with Crippen molar-refractivity contribution in [1.82, 2.24) is 10.6 Å². The van der Waals surface area contributed by atoms with E-state index in [9.17, 15) is 0 Å². The number of nitrogens with one attached hydrogen (secondary N) is 2. The van der Waals surface area contributed by atoms with E-state index in [1.54, 1.807) is 14.2 Å². The molecule has 2 aromatic rings. The summed E-state index contributed by atoms with van der Waals surface area (Å²) >= 11 is 0. The van der Waals surface area contributed by atoms with Crippen molar-refractivity contribution in [2.24, 2.45) is 4.99 Å². The van der Waals surface area contributed by atoms with Gasteiger partial charge in [0, 0.05) is 20.1 Å². The summed E-state index contributed by atoms with van der Waals surface area (Å²) in [6, 6.07) is 18.6. The van der Waals surface area contributed by atoms with Gasteiger partial charge in [-0.15, -0.1) is 0 Å². The number of nitrogens with zero attached hydrogens (tertiary/aromatic N) is 1. The highest BCUT2D eigenvalue weighted by atomic mass is 16.5. The molecule has 0 saturated carbocycles. The summed E-state index contributed by atoms with van der Waals surface area (Å²) in [5, 5.41) is 6.71. The van der Waals surface area contributed by atoms with Crippen molar-refractivity contribution in [2.45, 2.75) is 25.8 Å². The van der Waals surface area contributed by atoms with E-state index >= 15 is 0 Å². The van der Waals surface area contributed by atoms with Crippen molar-refractivity contribution >= 4 is 5.96 Å². The maximum atomic E-state index is 5.20. The lowest BCUT2D eigenvalue weighted by Gasteiger charge is -2.15. The van der Waals surface area contributed by atoms with Gasteiger partial charge in [0.15, 0.2) is 5.96 Å². The highest BCUT2D eigenvalue weighted by molar-refractivity contribution is 5.79. The van der Waals surface area contributed by atoms with Crippen LogP contribution in [0.5, 0.6) is 5.75 Å². The fourth-order valence-electron chi connectivity index (χ4n) is 2.51. The molecule has 0 amide bonds. The molecule has 0 saturated heterocycles. The molecule has 128 valence electrons. The second kappa shape index (κ2) is 9.60. The fraction of sp³-hybridized carbons (Fsp3) is 0.350. The van der Waals surface area contributed by atoms with Crippen molar-refractivity contribution in [3.63, 3.8) is 0 Å². The summed E-state index contributed by atoms with van der Waals surface area (Å²) in [5.41, 5.74) is 2.57. The molecule has 0 aliphatic heterocycles. The second-order valence-electron chi connectivity index (χ2n) is 5.80. The van der Waals surface area contributed by atoms with Gasteiger partial charge in [-0.1, -0.05) is 49.4 Å². The standard InChI is InChI=1S/C20H27N3O/c1-16(18-9-11-19(24-3)12-10-18)13-14-22-20(21-2)23-15-17-7-5-4-6-8-17/h4-12,16H,13-15H2,1-3H3,(H2,21,22,23). The monoisotopic (exact) mass is 325 g/mol. The van der Waals surface area contributed by atoms with Crippen molar-refractivity contribution in [1.29, 1.82) is 0 Å². The molecule has 4 nitrogen and oxygen atoms in total. The normalized spacial score (nSPS) is 12.5. The van der Waals surface area contributed by atoms with Gasteiger partial charge in [-0.05, 0) is 35.6 Å². The van der Waals surface area contributed by atoms with Crippen LogP contribution < -0.4 is 15.4 Å². The molecule has 0 aromatic heterocycles. The summed E-state index contributed by atoms with van der Waals surface area (Å²) < 4.78 is 5.20. The lowest BCUT2D eigenvalue weighted by molar-refractivity contribution is 0.414. The Kier molecular flexibility index (Phi) is 7.15. The van der Waals surface area contributed by atoms with Crippen molar-refractivity contribution in [3.05, 3.63) is 65.7 Å². The van der Waals surface area contributed by atoms with Gasteiger partial charge in [0.25, 0.3) is 0 Å². The molecule has 24 heavy (non-hydrogen) atoms. The number of methoxy groups -OCH3 is 1. The quantitative estimate of drug-likeness (QED) is 0.604. The highest BCUT2D eigenvalue weighted by Crippen LogP contribution is 2.21. The molecule has 0 spiro atoms. The molecule has 0 fully saturated rings. The maximum Gasteiger partial charge on any atom is 0.191 e. The Labute approximate surface area is 145 Å². The van der Waals surface area contributed by atoms with Crippen LogP contribution in [0.1, 0.15) is 30.4 Å². The first-order valence-electron chi connectivity index (χ1n) is 8.35. The Morgan fingerprint density at radius 1 is 1.04 bits per heavy atom. The summed E-state index contributed by atoms with van der Waals surface area (Å²) in [4.78, 5) is 4.27. The smallest absolute Gasteiger partial charge is 0.191 e. The minimum absolute atomic E-state index is 0.482. The number of hydrogen-bond acceptors (Lipinski definition) is 2. The molecule has 4 heteroatoms. The molecule has 1 atom stereocenters. The lowest BCUT2D eigenvalue weighted by atomic mass is 9.98. The SMILES string of the molecule is CN=C(NCCC(C)c1ccc(OC)cc1)NCc1ccccc1. The van der Waals surface area contributed by atoms with Gasteiger partial charge in [-0.2, -0.15) is 0 Å². The first-order chi connectivity index (χ1) is 11.7. The van der Waals surface area contributed by atoms with Crippen LogP contribution in [-0.4, -0.2) is 26.7 Å². The molecule has 2 aromatic carbocycles. The Morgan fingerprint density at radius 2 is 1.75 bits per heavy atom. The minimum atomic E-state index is 0.482. The third-order valence-electron chi connectivity index (χ3n) is 4.08. The number of ether oxygens (including phenoxy) is 1. The zero-order valence-electron chi connectivity index (χ0n) is 14.8. The van der Waals surface area contributed by atoms with Crippen LogP contribution in [0.4, 0.5) is 0 Å². The van der Waals surface area contributed by atoms with Gasteiger partial charge in [-0.25, -0.2) is 0 Å². The van der Waals surface area contributed by atoms with Crippen molar-refractivity contribution in [2.75, 3.05) is 20.7 Å². The van der Waals surface area contributed by atoms with E-state index in [1.807, 2.05) is 30.3 Å². The van der Waals surface area contributed by atoms with Gasteiger partial charge in [0.1, 0.15) is 5.75 Å². The predicted molar refractivity (Wildman–Crippen MR) is 101 cm³/mol. The van der Waals surface area contributed by atoms with E-state index in [-0.39, 0.29) is 0 Å². The second-order valence-corrected chi connectivity index (χ2v) is 5.80. The summed E-state index contributed by atoms with van der Waals surface area (Å²) in [6.07, 6.45) is 1.04. The van der Waals surface area contributed by atoms with Crippen LogP contribution in [0.25, 0.3) is 0 Å². The number of hydrogen-bond donors (Lipinski definition) is 2. The zero-order chi connectivity index (χ0) is 17.2. The van der Waals surface area contributed by atoms with Gasteiger partial charge in [-0.3, -0.25) is 4.99 Å². The summed E-state index contributed by atoms with van der Waals surface area (Å²) in [5.74, 6) is 2.21. The molecule has 2 N–H and O–H groups in total. The number of rotatable bonds is 7. The van der Waals surface area contributed by atoms with Crippen LogP contribution in [0, 0.1) is 0 Å². The van der Waals surface area contributed by atoms with Crippen LogP contribution in [0.15, 0.2) is 59.6 Å². The summed E-state index contributed by atoms with van der Waals surface area (Å²) in [6.45, 7) is 3.89. The molecule has 1 unspecified atom stereocenters. The topological polar surface area (TPSA) is 45.7 Å². The third-order valence-corrected chi connectivity index (χ3v) is 4.08. The average molecular weight is 325 g/mol. The lowest BCUT2D eigenvalue weighted by Crippen LogP contribution is -2.37. The van der Waals surface area contributed by atoms with Gasteiger partial charge < -0.3 is 15.4 Å². The third kappa shape index (κ3) is 5.61. The Balaban J connectivity index is 1.74. The molecule has 0 aliphatic carbocycles. The maximum absolute atomic E-state index is 5.20. The van der Waals surface area contributed by atoms with E-state index in [1.165, 1.54) is 11.1 Å². The number of aliphatic imine (C=N–C) groups is 1. The molecule has 2 rings (SSSR count). The first-order valence-corrected chi connectivity index (χ1v) is 8.35. The Morgan fingerprint density at radius 3 is 2.38 bits per heavy atom. The minimum Gasteiger partial charge on any atom is -0.497 e. The number of guanidine groups is 1. The highest BCUT2D eigenvalue weighted by Gasteiger charge is 2.06. The summed E-state index contributed by atoms with van der Waals surface area (Å²) in [7, 11) is 3.49. The van der Waals surface area contributed by atoms with Gasteiger partial charge in [0.2, 0.25) is 0 Å². The van der Waals surface area contributed by atoms with Crippen molar-refractivity contribution < 1.29 is 4.74 Å². The molecular formula is C20H27N3O. The van der Waals surface area contributed by atoms with Crippen LogP contribution >= 0.6 is 0 Å². The van der Waals surface area contributed by atoms with Gasteiger partial charge >= 0.3 is 0 Å². The molecule has 0 heterocycles. The van der Waals surface area contributed by atoms with Crippen molar-refractivity contribution in [3.8, 4) is 5.75 Å². The van der Waals surface area contributed by atoms with E-state index in [2.05, 4.69) is 46.8 Å². The fourth-order valence-corrected chi connectivity index (χ4v) is 2.51. The van der Waals surface area contributed by atoms with Gasteiger partial charge in [0.05, 0.1) is 7.11 Å². The van der Waals surface area contributed by atoms with Crippen LogP contribution in [0.3, 0.4) is 0 Å². The Hall–Kier alpha value is -2.49. The zero-order valence-corrected chi connectivity index (χ0v) is 14.8. The Bertz CT molecular complexity index is 623. The number of benzene rings is 2. The first kappa shape index (κ1) is 17.9. The predicted octanol–water partition coefficient (Wildman–Crippen LogP) is 3.55. The van der Waals surface area contributed by atoms with E-state index < -0.39 is 0 Å². The largest absolute Gasteiger partial charge is 0.497 e. The van der Waals surface area contributed by atoms with E-state index in [0.29, 0.717) is 5.92 Å².